The van der Waals surface area contributed by atoms with E-state index >= 15 is 0 Å². The van der Waals surface area contributed by atoms with Crippen LogP contribution in [0, 0.1) is 0 Å². The number of carbonyl (C=O) groups excluding carboxylic acids is 1. The van der Waals surface area contributed by atoms with Gasteiger partial charge in [-0.3, -0.25) is 4.79 Å². The van der Waals surface area contributed by atoms with Gasteiger partial charge in [-0.05, 0) is 24.5 Å². The third-order valence-electron chi connectivity index (χ3n) is 4.18. The second-order valence-corrected chi connectivity index (χ2v) is 7.10. The minimum absolute atomic E-state index is 0.00820. The van der Waals surface area contributed by atoms with E-state index in [9.17, 15) is 4.79 Å². The molecule has 1 heterocycles. The molecule has 2 N–H and O–H groups in total. The van der Waals surface area contributed by atoms with E-state index in [4.69, 9.17) is 4.98 Å². The van der Waals surface area contributed by atoms with Gasteiger partial charge in [-0.25, -0.2) is 4.98 Å². The molecule has 0 bridgehead atoms. The molecule has 5 heteroatoms. The summed E-state index contributed by atoms with van der Waals surface area (Å²) in [5.74, 6) is 0.00820. The van der Waals surface area contributed by atoms with Gasteiger partial charge in [0.1, 0.15) is 0 Å². The van der Waals surface area contributed by atoms with E-state index in [0.717, 1.165) is 22.8 Å². The van der Waals surface area contributed by atoms with Gasteiger partial charge < -0.3 is 10.6 Å². The minimum Gasteiger partial charge on any atom is -0.356 e. The highest BCUT2D eigenvalue weighted by Gasteiger charge is 2.09. The predicted molar refractivity (Wildman–Crippen MR) is 108 cm³/mol. The Morgan fingerprint density at radius 3 is 2.54 bits per heavy atom. The van der Waals surface area contributed by atoms with Gasteiger partial charge in [0.2, 0.25) is 5.91 Å². The third kappa shape index (κ3) is 4.92. The number of hydrogen-bond donors (Lipinski definition) is 2. The van der Waals surface area contributed by atoms with Crippen molar-refractivity contribution >= 4 is 22.4 Å². The van der Waals surface area contributed by atoms with Gasteiger partial charge >= 0.3 is 0 Å². The fraction of sp³-hybridized carbons (Fsp3) is 0.238. The second-order valence-electron chi connectivity index (χ2n) is 6.24. The van der Waals surface area contributed by atoms with Crippen LogP contribution in [0.4, 0.5) is 5.13 Å². The van der Waals surface area contributed by atoms with Crippen molar-refractivity contribution < 1.29 is 4.79 Å². The Bertz CT molecular complexity index is 843. The third-order valence-corrected chi connectivity index (χ3v) is 4.95. The van der Waals surface area contributed by atoms with Gasteiger partial charge in [0.15, 0.2) is 5.13 Å². The van der Waals surface area contributed by atoms with Crippen LogP contribution in [-0.4, -0.2) is 17.4 Å². The van der Waals surface area contributed by atoms with Crippen LogP contribution >= 0.6 is 11.3 Å². The number of anilines is 1. The molecule has 0 spiro atoms. The summed E-state index contributed by atoms with van der Waals surface area (Å²) in [6.45, 7) is 4.34. The number of carbonyl (C=O) groups is 1. The molecule has 26 heavy (non-hydrogen) atoms. The van der Waals surface area contributed by atoms with Crippen molar-refractivity contribution in [2.24, 2.45) is 0 Å². The van der Waals surface area contributed by atoms with Crippen LogP contribution in [0.5, 0.6) is 0 Å². The maximum Gasteiger partial charge on any atom is 0.216 e. The maximum atomic E-state index is 10.9. The van der Waals surface area contributed by atoms with Crippen molar-refractivity contribution in [3.63, 3.8) is 0 Å². The Hall–Kier alpha value is -2.66. The van der Waals surface area contributed by atoms with Crippen molar-refractivity contribution in [2.75, 3.05) is 11.9 Å². The van der Waals surface area contributed by atoms with Crippen LogP contribution in [-0.2, 0) is 11.2 Å². The monoisotopic (exact) mass is 365 g/mol. The number of aromatic nitrogens is 1. The summed E-state index contributed by atoms with van der Waals surface area (Å²) < 4.78 is 0. The molecule has 0 aliphatic heterocycles. The molecule has 0 unspecified atom stereocenters. The van der Waals surface area contributed by atoms with Crippen LogP contribution in [0.15, 0.2) is 60.0 Å². The molecule has 0 fully saturated rings. The normalized spacial score (nSPS) is 11.8. The molecule has 134 valence electrons. The van der Waals surface area contributed by atoms with Crippen LogP contribution in [0.25, 0.3) is 11.3 Å². The molecule has 3 rings (SSSR count). The van der Waals surface area contributed by atoms with Crippen molar-refractivity contribution in [1.82, 2.24) is 10.3 Å². The number of hydrogen-bond acceptors (Lipinski definition) is 4. The average Bonchev–Trinajstić information content (AvgIpc) is 3.11. The molecule has 0 aliphatic carbocycles. The highest BCUT2D eigenvalue weighted by atomic mass is 32.1. The zero-order valence-electron chi connectivity index (χ0n) is 15.0. The lowest BCUT2D eigenvalue weighted by atomic mass is 10.1. The largest absolute Gasteiger partial charge is 0.356 e. The average molecular weight is 366 g/mol. The molecule has 1 aromatic heterocycles. The van der Waals surface area contributed by atoms with E-state index in [-0.39, 0.29) is 11.9 Å². The first-order valence-electron chi connectivity index (χ1n) is 8.72. The topological polar surface area (TPSA) is 54.0 Å². The first kappa shape index (κ1) is 18.1. The quantitative estimate of drug-likeness (QED) is 0.640. The summed E-state index contributed by atoms with van der Waals surface area (Å²) >= 11 is 1.62. The summed E-state index contributed by atoms with van der Waals surface area (Å²) in [5.41, 5.74) is 4.53. The van der Waals surface area contributed by atoms with Gasteiger partial charge in [-0.2, -0.15) is 0 Å². The van der Waals surface area contributed by atoms with Gasteiger partial charge in [0.05, 0.1) is 11.7 Å². The van der Waals surface area contributed by atoms with Crippen LogP contribution in [0.2, 0.25) is 0 Å². The number of thiazole rings is 1. The summed E-state index contributed by atoms with van der Waals surface area (Å²) in [6.07, 6.45) is 0.832. The molecule has 3 aromatic rings. The molecule has 0 saturated heterocycles. The number of nitrogens with zero attached hydrogens (tertiary/aromatic N) is 1. The molecular weight excluding hydrogens is 342 g/mol. The van der Waals surface area contributed by atoms with Crippen molar-refractivity contribution in [1.29, 1.82) is 0 Å². The van der Waals surface area contributed by atoms with Crippen molar-refractivity contribution in [3.05, 3.63) is 71.1 Å². The zero-order valence-corrected chi connectivity index (χ0v) is 15.8. The number of benzene rings is 2. The Kier molecular flexibility index (Phi) is 6.02. The van der Waals surface area contributed by atoms with Gasteiger partial charge in [0.25, 0.3) is 0 Å². The van der Waals surface area contributed by atoms with E-state index in [0.29, 0.717) is 6.54 Å². The van der Waals surface area contributed by atoms with E-state index in [1.54, 1.807) is 11.3 Å². The smallest absolute Gasteiger partial charge is 0.216 e. The lowest BCUT2D eigenvalue weighted by molar-refractivity contribution is -0.118. The molecule has 2 aromatic carbocycles. The van der Waals surface area contributed by atoms with Crippen LogP contribution in [0.3, 0.4) is 0 Å². The lowest BCUT2D eigenvalue weighted by Crippen LogP contribution is -2.22. The fourth-order valence-electron chi connectivity index (χ4n) is 2.71. The van der Waals surface area contributed by atoms with E-state index in [1.807, 2.05) is 18.2 Å². The number of nitrogens with one attached hydrogen (secondary N) is 2. The molecule has 1 amide bonds. The molecule has 0 saturated carbocycles. The van der Waals surface area contributed by atoms with Gasteiger partial charge in [0, 0.05) is 24.4 Å². The molecule has 4 nitrogen and oxygen atoms in total. The summed E-state index contributed by atoms with van der Waals surface area (Å²) in [6, 6.07) is 18.9. The summed E-state index contributed by atoms with van der Waals surface area (Å²) in [7, 11) is 0. The van der Waals surface area contributed by atoms with E-state index in [2.05, 4.69) is 59.3 Å². The standard InChI is InChI=1S/C21H23N3OS/c1-15(18-6-4-3-5-7-18)23-21-24-20(14-26-21)19-10-8-17(9-11-19)12-13-22-16(2)25/h3-11,14-15H,12-13H2,1-2H3,(H,22,25)(H,23,24)/t15-/m0/s1. The van der Waals surface area contributed by atoms with Gasteiger partial charge in [-0.15, -0.1) is 11.3 Å². The Labute approximate surface area is 158 Å². The van der Waals surface area contributed by atoms with Crippen molar-refractivity contribution in [2.45, 2.75) is 26.3 Å². The lowest BCUT2D eigenvalue weighted by Gasteiger charge is -2.12. The molecule has 1 atom stereocenters. The van der Waals surface area contributed by atoms with E-state index in [1.165, 1.54) is 18.1 Å². The Morgan fingerprint density at radius 2 is 1.85 bits per heavy atom. The Morgan fingerprint density at radius 1 is 1.12 bits per heavy atom. The highest BCUT2D eigenvalue weighted by Crippen LogP contribution is 2.27. The first-order chi connectivity index (χ1) is 12.6. The highest BCUT2D eigenvalue weighted by molar-refractivity contribution is 7.14. The summed E-state index contributed by atoms with van der Waals surface area (Å²) in [5, 5.41) is 9.28. The second kappa shape index (κ2) is 8.63. The maximum absolute atomic E-state index is 10.9. The predicted octanol–water partition coefficient (Wildman–Crippen LogP) is 4.66. The number of amides is 1. The zero-order chi connectivity index (χ0) is 18.4. The van der Waals surface area contributed by atoms with Gasteiger partial charge in [-0.1, -0.05) is 54.6 Å². The molecular formula is C21H23N3OS. The Balaban J connectivity index is 1.61. The van der Waals surface area contributed by atoms with Crippen LogP contribution < -0.4 is 10.6 Å². The SMILES string of the molecule is CC(=O)NCCc1ccc(-c2csc(N[C@@H](C)c3ccccc3)n2)cc1. The van der Waals surface area contributed by atoms with Crippen molar-refractivity contribution in [3.8, 4) is 11.3 Å². The van der Waals surface area contributed by atoms with Crippen LogP contribution in [0.1, 0.15) is 31.0 Å². The minimum atomic E-state index is 0.00820. The molecule has 0 aliphatic rings. The first-order valence-corrected chi connectivity index (χ1v) is 9.60. The summed E-state index contributed by atoms with van der Waals surface area (Å²) in [4.78, 5) is 15.6. The fourth-order valence-corrected chi connectivity index (χ4v) is 3.52. The number of rotatable bonds is 7. The van der Waals surface area contributed by atoms with E-state index < -0.39 is 0 Å². The molecule has 0 radical (unpaired) electrons.